The number of benzene rings is 5. The fraction of sp³-hybridized carbons (Fsp3) is 0.128. The Balaban J connectivity index is 0.00000142. The van der Waals surface area contributed by atoms with E-state index in [1.807, 2.05) is 44.2 Å². The molecule has 0 bridgehead atoms. The number of nitrogens with one attached hydrogen (secondary N) is 1. The number of aromatic amines is 1. The number of anilines is 5. The van der Waals surface area contributed by atoms with Gasteiger partial charge in [-0.3, -0.25) is 0 Å². The van der Waals surface area contributed by atoms with Crippen molar-refractivity contribution in [2.45, 2.75) is 27.2 Å². The highest BCUT2D eigenvalue weighted by atomic mass is 16.5. The van der Waals surface area contributed by atoms with Crippen LogP contribution in [0.4, 0.5) is 28.4 Å². The van der Waals surface area contributed by atoms with Gasteiger partial charge in [-0.05, 0) is 85.3 Å². The van der Waals surface area contributed by atoms with Crippen LogP contribution in [-0.2, 0) is 0 Å². The lowest BCUT2D eigenvalue weighted by atomic mass is 9.96. The van der Waals surface area contributed by atoms with Crippen LogP contribution in [0.15, 0.2) is 133 Å². The van der Waals surface area contributed by atoms with Crippen LogP contribution in [0.5, 0.6) is 17.2 Å². The Morgan fingerprint density at radius 2 is 1.11 bits per heavy atom. The van der Waals surface area contributed by atoms with E-state index < -0.39 is 0 Å². The summed E-state index contributed by atoms with van der Waals surface area (Å²) in [6.45, 7) is 6.23. The molecule has 6 aromatic rings. The molecular formula is C39H33N3O2. The van der Waals surface area contributed by atoms with Crippen molar-refractivity contribution in [2.24, 2.45) is 5.92 Å². The molecule has 1 aromatic heterocycles. The summed E-state index contributed by atoms with van der Waals surface area (Å²) in [4.78, 5) is 8.28. The number of ether oxygens (including phenoxy) is 2. The van der Waals surface area contributed by atoms with Crippen LogP contribution in [0.2, 0.25) is 0 Å². The van der Waals surface area contributed by atoms with Gasteiger partial charge in [0.25, 0.3) is 0 Å². The third kappa shape index (κ3) is 4.00. The molecule has 0 saturated carbocycles. The molecule has 0 spiro atoms. The van der Waals surface area contributed by atoms with E-state index in [9.17, 15) is 0 Å². The van der Waals surface area contributed by atoms with Gasteiger partial charge >= 0.3 is 0 Å². The maximum absolute atomic E-state index is 6.45. The van der Waals surface area contributed by atoms with Crippen LogP contribution in [0.1, 0.15) is 27.2 Å². The average Bonchev–Trinajstić information content (AvgIpc) is 3.44. The highest BCUT2D eigenvalue weighted by Gasteiger charge is 2.31. The zero-order chi connectivity index (χ0) is 29.8. The van der Waals surface area contributed by atoms with Gasteiger partial charge in [0, 0.05) is 39.1 Å². The normalized spacial score (nSPS) is 16.3. The SMILES string of the molecule is CC.CC1CC=CC2=C1Oc1ccccc1N2c1ccc2[nH]c3ccc(N4c5ccccc5Oc5ccccc54)cc3c2c1. The van der Waals surface area contributed by atoms with Crippen molar-refractivity contribution in [1.82, 2.24) is 4.98 Å². The molecule has 216 valence electrons. The van der Waals surface area contributed by atoms with E-state index in [1.165, 1.54) is 10.8 Å². The van der Waals surface area contributed by atoms with E-state index in [4.69, 9.17) is 9.47 Å². The standard InChI is InChI=1S/C37H27N3O2.C2H6/c1-23-9-8-13-33-37(23)42-36-16-7-4-12-32(36)40(33)25-18-20-29-27(22-25)26-21-24(17-19-28(26)38-29)39-30-10-2-5-14-34(30)41-35-15-6-3-11-31(35)39;1-2/h2-8,10-23,38H,9H2,1H3;1-2H3. The summed E-state index contributed by atoms with van der Waals surface area (Å²) in [5, 5.41) is 2.35. The quantitative estimate of drug-likeness (QED) is 0.223. The smallest absolute Gasteiger partial charge is 0.151 e. The average molecular weight is 576 g/mol. The van der Waals surface area contributed by atoms with Crippen LogP contribution >= 0.6 is 0 Å². The zero-order valence-corrected chi connectivity index (χ0v) is 25.0. The third-order valence-corrected chi connectivity index (χ3v) is 8.55. The molecule has 3 aliphatic rings. The first-order valence-corrected chi connectivity index (χ1v) is 15.4. The highest BCUT2D eigenvalue weighted by Crippen LogP contribution is 2.51. The minimum absolute atomic E-state index is 0.319. The van der Waals surface area contributed by atoms with Crippen molar-refractivity contribution in [1.29, 1.82) is 0 Å². The summed E-state index contributed by atoms with van der Waals surface area (Å²) in [5.74, 6) is 3.94. The number of rotatable bonds is 2. The monoisotopic (exact) mass is 575 g/mol. The van der Waals surface area contributed by atoms with E-state index in [-0.39, 0.29) is 0 Å². The minimum atomic E-state index is 0.319. The lowest BCUT2D eigenvalue weighted by molar-refractivity contribution is 0.342. The summed E-state index contributed by atoms with van der Waals surface area (Å²) in [7, 11) is 0. The number of nitrogens with zero attached hydrogens (tertiary/aromatic N) is 2. The van der Waals surface area contributed by atoms with E-state index in [2.05, 4.69) is 113 Å². The Kier molecular flexibility index (Phi) is 6.19. The molecular weight excluding hydrogens is 542 g/mol. The molecule has 44 heavy (non-hydrogen) atoms. The maximum Gasteiger partial charge on any atom is 0.151 e. The molecule has 5 nitrogen and oxygen atoms in total. The highest BCUT2D eigenvalue weighted by molar-refractivity contribution is 6.10. The van der Waals surface area contributed by atoms with Gasteiger partial charge in [0.2, 0.25) is 0 Å². The van der Waals surface area contributed by atoms with Crippen molar-refractivity contribution < 1.29 is 9.47 Å². The van der Waals surface area contributed by atoms with E-state index in [1.54, 1.807) is 0 Å². The van der Waals surface area contributed by atoms with Crippen molar-refractivity contribution in [3.8, 4) is 17.2 Å². The van der Waals surface area contributed by atoms with Gasteiger partial charge in [0.15, 0.2) is 17.2 Å². The number of allylic oxidation sites excluding steroid dienone is 3. The van der Waals surface area contributed by atoms with Crippen molar-refractivity contribution >= 4 is 50.2 Å². The van der Waals surface area contributed by atoms with Gasteiger partial charge in [-0.1, -0.05) is 63.2 Å². The first kappa shape index (κ1) is 26.2. The van der Waals surface area contributed by atoms with Crippen LogP contribution in [0, 0.1) is 5.92 Å². The Morgan fingerprint density at radius 3 is 1.70 bits per heavy atom. The lowest BCUT2D eigenvalue weighted by Crippen LogP contribution is -2.27. The molecule has 0 fully saturated rings. The molecule has 1 N–H and O–H groups in total. The fourth-order valence-electron chi connectivity index (χ4n) is 6.55. The number of para-hydroxylation sites is 6. The van der Waals surface area contributed by atoms with E-state index >= 15 is 0 Å². The summed E-state index contributed by atoms with van der Waals surface area (Å²) >= 11 is 0. The van der Waals surface area contributed by atoms with Gasteiger partial charge in [-0.2, -0.15) is 0 Å². The van der Waals surface area contributed by atoms with Gasteiger partial charge < -0.3 is 24.3 Å². The maximum atomic E-state index is 6.45. The molecule has 0 radical (unpaired) electrons. The minimum Gasteiger partial charge on any atom is -0.457 e. The second-order valence-electron chi connectivity index (χ2n) is 11.2. The second-order valence-corrected chi connectivity index (χ2v) is 11.2. The Hall–Kier alpha value is -5.42. The number of fused-ring (bicyclic) bond motifs is 6. The van der Waals surface area contributed by atoms with E-state index in [0.29, 0.717) is 5.92 Å². The molecule has 0 amide bonds. The van der Waals surface area contributed by atoms with Crippen molar-refractivity contribution in [2.75, 3.05) is 9.80 Å². The summed E-state index contributed by atoms with van der Waals surface area (Å²) in [6.07, 6.45) is 5.44. The third-order valence-electron chi connectivity index (χ3n) is 8.55. The number of hydrogen-bond donors (Lipinski definition) is 1. The fourth-order valence-corrected chi connectivity index (χ4v) is 6.55. The molecule has 1 unspecified atom stereocenters. The number of hydrogen-bond acceptors (Lipinski definition) is 4. The van der Waals surface area contributed by atoms with Gasteiger partial charge in [0.05, 0.1) is 22.8 Å². The molecule has 2 aliphatic heterocycles. The lowest BCUT2D eigenvalue weighted by Gasteiger charge is -2.37. The van der Waals surface area contributed by atoms with Crippen LogP contribution < -0.4 is 19.3 Å². The summed E-state index contributed by atoms with van der Waals surface area (Å²) in [6, 6.07) is 38.1. The molecule has 5 heteroatoms. The Labute approximate surface area is 257 Å². The summed E-state index contributed by atoms with van der Waals surface area (Å²) in [5.41, 5.74) is 8.62. The molecule has 0 saturated heterocycles. The van der Waals surface area contributed by atoms with Gasteiger partial charge in [-0.25, -0.2) is 0 Å². The first-order valence-electron chi connectivity index (χ1n) is 15.4. The zero-order valence-electron chi connectivity index (χ0n) is 25.0. The molecule has 5 aromatic carbocycles. The van der Waals surface area contributed by atoms with Gasteiger partial charge in [0.1, 0.15) is 5.76 Å². The molecule has 3 heterocycles. The summed E-state index contributed by atoms with van der Waals surface area (Å²) < 4.78 is 12.7. The molecule has 1 atom stereocenters. The first-order chi connectivity index (χ1) is 21.7. The Bertz CT molecular complexity index is 2080. The molecule has 9 rings (SSSR count). The second kappa shape index (κ2) is 10.4. The van der Waals surface area contributed by atoms with Crippen LogP contribution in [0.25, 0.3) is 21.8 Å². The van der Waals surface area contributed by atoms with E-state index in [0.717, 1.165) is 74.6 Å². The van der Waals surface area contributed by atoms with Crippen molar-refractivity contribution in [3.63, 3.8) is 0 Å². The number of aromatic nitrogens is 1. The molecule has 1 aliphatic carbocycles. The largest absolute Gasteiger partial charge is 0.457 e. The van der Waals surface area contributed by atoms with Gasteiger partial charge in [-0.15, -0.1) is 0 Å². The predicted octanol–water partition coefficient (Wildman–Crippen LogP) is 11.3. The predicted molar refractivity (Wildman–Crippen MR) is 181 cm³/mol. The Morgan fingerprint density at radius 1 is 0.614 bits per heavy atom. The van der Waals surface area contributed by atoms with Crippen LogP contribution in [-0.4, -0.2) is 4.98 Å². The van der Waals surface area contributed by atoms with Crippen LogP contribution in [0.3, 0.4) is 0 Å². The van der Waals surface area contributed by atoms with Crippen molar-refractivity contribution in [3.05, 3.63) is 133 Å². The number of H-pyrrole nitrogens is 1. The topological polar surface area (TPSA) is 40.7 Å².